The number of benzene rings is 1. The molecule has 0 spiro atoms. The Bertz CT molecular complexity index is 495. The average molecular weight is 289 g/mol. The van der Waals surface area contributed by atoms with Crippen LogP contribution in [0.5, 0.6) is 0 Å². The summed E-state index contributed by atoms with van der Waals surface area (Å²) in [6.45, 7) is 1.39. The van der Waals surface area contributed by atoms with E-state index in [1.165, 1.54) is 25.9 Å². The summed E-state index contributed by atoms with van der Waals surface area (Å²) < 4.78 is 42.0. The van der Waals surface area contributed by atoms with Crippen molar-refractivity contribution in [3.05, 3.63) is 35.4 Å². The summed E-state index contributed by atoms with van der Waals surface area (Å²) in [5, 5.41) is 0. The SMILES string of the molecule is C[C@@H](OC(=O)c1ccc(C(F)(F)F)cc1)C(=O)N(C)C. The number of likely N-dealkylation sites (N-methyl/N-ethyl adjacent to an activating group) is 1. The summed E-state index contributed by atoms with van der Waals surface area (Å²) in [5.74, 6) is -1.26. The third kappa shape index (κ3) is 3.97. The van der Waals surface area contributed by atoms with Crippen molar-refractivity contribution >= 4 is 11.9 Å². The van der Waals surface area contributed by atoms with Crippen molar-refractivity contribution in [3.63, 3.8) is 0 Å². The number of carbonyl (C=O) groups excluding carboxylic acids is 2. The molecule has 0 heterocycles. The van der Waals surface area contributed by atoms with Gasteiger partial charge in [0.1, 0.15) is 0 Å². The van der Waals surface area contributed by atoms with E-state index in [9.17, 15) is 22.8 Å². The first-order valence-electron chi connectivity index (χ1n) is 5.72. The van der Waals surface area contributed by atoms with Gasteiger partial charge in [-0.25, -0.2) is 4.79 Å². The molecule has 4 nitrogen and oxygen atoms in total. The highest BCUT2D eigenvalue weighted by atomic mass is 19.4. The second-order valence-corrected chi connectivity index (χ2v) is 4.36. The van der Waals surface area contributed by atoms with Gasteiger partial charge in [-0.05, 0) is 31.2 Å². The summed E-state index contributed by atoms with van der Waals surface area (Å²) in [6.07, 6.45) is -5.46. The lowest BCUT2D eigenvalue weighted by atomic mass is 10.1. The molecule has 0 aliphatic carbocycles. The lowest BCUT2D eigenvalue weighted by Gasteiger charge is -2.17. The van der Waals surface area contributed by atoms with E-state index in [0.717, 1.165) is 24.3 Å². The number of rotatable bonds is 3. The molecule has 0 aliphatic rings. The van der Waals surface area contributed by atoms with E-state index in [-0.39, 0.29) is 5.56 Å². The number of halogens is 3. The van der Waals surface area contributed by atoms with Crippen LogP contribution in [-0.2, 0) is 15.7 Å². The van der Waals surface area contributed by atoms with Gasteiger partial charge in [0.2, 0.25) is 0 Å². The third-order valence-electron chi connectivity index (χ3n) is 2.52. The van der Waals surface area contributed by atoms with Gasteiger partial charge in [-0.15, -0.1) is 0 Å². The van der Waals surface area contributed by atoms with Crippen LogP contribution >= 0.6 is 0 Å². The van der Waals surface area contributed by atoms with E-state index in [2.05, 4.69) is 0 Å². The van der Waals surface area contributed by atoms with Gasteiger partial charge in [0, 0.05) is 14.1 Å². The zero-order valence-electron chi connectivity index (χ0n) is 11.2. The van der Waals surface area contributed by atoms with Crippen LogP contribution in [-0.4, -0.2) is 37.0 Å². The fraction of sp³-hybridized carbons (Fsp3) is 0.385. The Kier molecular flexibility index (Phi) is 4.75. The maximum absolute atomic E-state index is 12.4. The van der Waals surface area contributed by atoms with Crippen molar-refractivity contribution in [3.8, 4) is 0 Å². The highest BCUT2D eigenvalue weighted by Gasteiger charge is 2.30. The minimum Gasteiger partial charge on any atom is -0.449 e. The molecule has 20 heavy (non-hydrogen) atoms. The smallest absolute Gasteiger partial charge is 0.416 e. The molecule has 1 amide bonds. The Morgan fingerprint density at radius 1 is 1.15 bits per heavy atom. The zero-order valence-corrected chi connectivity index (χ0v) is 11.2. The van der Waals surface area contributed by atoms with Crippen molar-refractivity contribution < 1.29 is 27.5 Å². The highest BCUT2D eigenvalue weighted by Crippen LogP contribution is 2.29. The molecule has 1 aromatic carbocycles. The fourth-order valence-corrected chi connectivity index (χ4v) is 1.44. The predicted octanol–water partition coefficient (Wildman–Crippen LogP) is 2.34. The van der Waals surface area contributed by atoms with Crippen LogP contribution in [0.4, 0.5) is 13.2 Å². The molecule has 0 bridgehead atoms. The van der Waals surface area contributed by atoms with Crippen LogP contribution < -0.4 is 0 Å². The first-order chi connectivity index (χ1) is 9.12. The van der Waals surface area contributed by atoms with Gasteiger partial charge in [0.05, 0.1) is 11.1 Å². The van der Waals surface area contributed by atoms with E-state index in [4.69, 9.17) is 4.74 Å². The first-order valence-corrected chi connectivity index (χ1v) is 5.72. The molecule has 0 saturated carbocycles. The van der Waals surface area contributed by atoms with Crippen LogP contribution in [0.25, 0.3) is 0 Å². The molecule has 110 valence electrons. The average Bonchev–Trinajstić information content (AvgIpc) is 2.36. The molecule has 0 aliphatic heterocycles. The van der Waals surface area contributed by atoms with Crippen LogP contribution in [0.3, 0.4) is 0 Å². The van der Waals surface area contributed by atoms with E-state index in [0.29, 0.717) is 0 Å². The summed E-state index contributed by atoms with van der Waals surface area (Å²) in [4.78, 5) is 24.4. The molecule has 0 N–H and O–H groups in total. The van der Waals surface area contributed by atoms with Gasteiger partial charge in [0.25, 0.3) is 5.91 Å². The highest BCUT2D eigenvalue weighted by molar-refractivity contribution is 5.92. The molecule has 1 aromatic rings. The van der Waals surface area contributed by atoms with E-state index < -0.39 is 29.7 Å². The van der Waals surface area contributed by atoms with Crippen LogP contribution in [0, 0.1) is 0 Å². The van der Waals surface area contributed by atoms with Crippen molar-refractivity contribution in [1.29, 1.82) is 0 Å². The van der Waals surface area contributed by atoms with Crippen LogP contribution in [0.15, 0.2) is 24.3 Å². The number of carbonyl (C=O) groups is 2. The summed E-state index contributed by atoms with van der Waals surface area (Å²) >= 11 is 0. The molecule has 7 heteroatoms. The molecule has 0 aromatic heterocycles. The Morgan fingerprint density at radius 3 is 2.05 bits per heavy atom. The molecule has 0 unspecified atom stereocenters. The Balaban J connectivity index is 2.76. The lowest BCUT2D eigenvalue weighted by molar-refractivity contribution is -0.137. The summed E-state index contributed by atoms with van der Waals surface area (Å²) in [7, 11) is 3.01. The molecule has 0 saturated heterocycles. The van der Waals surface area contributed by atoms with Gasteiger partial charge in [-0.2, -0.15) is 13.2 Å². The van der Waals surface area contributed by atoms with Gasteiger partial charge in [-0.3, -0.25) is 4.79 Å². The van der Waals surface area contributed by atoms with Crippen molar-refractivity contribution in [2.24, 2.45) is 0 Å². The molecule has 0 radical (unpaired) electrons. The maximum atomic E-state index is 12.4. The quantitative estimate of drug-likeness (QED) is 0.802. The number of esters is 1. The summed E-state index contributed by atoms with van der Waals surface area (Å²) in [6, 6.07) is 3.60. The van der Waals surface area contributed by atoms with Gasteiger partial charge < -0.3 is 9.64 Å². The van der Waals surface area contributed by atoms with Crippen molar-refractivity contribution in [2.75, 3.05) is 14.1 Å². The number of ether oxygens (including phenoxy) is 1. The standard InChI is InChI=1S/C13H14F3NO3/c1-8(11(18)17(2)3)20-12(19)9-4-6-10(7-5-9)13(14,15)16/h4-8H,1-3H3/t8-/m1/s1. The first kappa shape index (κ1) is 16.0. The largest absolute Gasteiger partial charge is 0.449 e. The van der Waals surface area contributed by atoms with Crippen LogP contribution in [0.2, 0.25) is 0 Å². The monoisotopic (exact) mass is 289 g/mol. The number of nitrogens with zero attached hydrogens (tertiary/aromatic N) is 1. The molecule has 1 atom stereocenters. The Labute approximate surface area is 114 Å². The van der Waals surface area contributed by atoms with Gasteiger partial charge >= 0.3 is 12.1 Å². The van der Waals surface area contributed by atoms with Gasteiger partial charge in [0.15, 0.2) is 6.10 Å². The van der Waals surface area contributed by atoms with Crippen molar-refractivity contribution in [2.45, 2.75) is 19.2 Å². The van der Waals surface area contributed by atoms with Gasteiger partial charge in [-0.1, -0.05) is 0 Å². The molecule has 1 rings (SSSR count). The molecular formula is C13H14F3NO3. The lowest BCUT2D eigenvalue weighted by Crippen LogP contribution is -2.34. The van der Waals surface area contributed by atoms with E-state index in [1.807, 2.05) is 0 Å². The third-order valence-corrected chi connectivity index (χ3v) is 2.52. The predicted molar refractivity (Wildman–Crippen MR) is 65.0 cm³/mol. The van der Waals surface area contributed by atoms with E-state index >= 15 is 0 Å². The number of alkyl halides is 3. The Hall–Kier alpha value is -2.05. The normalized spacial score (nSPS) is 12.7. The Morgan fingerprint density at radius 2 is 1.65 bits per heavy atom. The van der Waals surface area contributed by atoms with Crippen molar-refractivity contribution in [1.82, 2.24) is 4.90 Å². The zero-order chi connectivity index (χ0) is 15.5. The molecular weight excluding hydrogens is 275 g/mol. The molecule has 0 fully saturated rings. The maximum Gasteiger partial charge on any atom is 0.416 e. The fourth-order valence-electron chi connectivity index (χ4n) is 1.44. The number of hydrogen-bond acceptors (Lipinski definition) is 3. The minimum absolute atomic E-state index is 0.0450. The number of amides is 1. The summed E-state index contributed by atoms with van der Waals surface area (Å²) in [5.41, 5.74) is -0.900. The topological polar surface area (TPSA) is 46.6 Å². The number of hydrogen-bond donors (Lipinski definition) is 0. The van der Waals surface area contributed by atoms with Crippen LogP contribution in [0.1, 0.15) is 22.8 Å². The van der Waals surface area contributed by atoms with E-state index in [1.54, 1.807) is 0 Å². The minimum atomic E-state index is -4.46. The second-order valence-electron chi connectivity index (χ2n) is 4.36. The second kappa shape index (κ2) is 5.94.